The first kappa shape index (κ1) is 16.4. The lowest BCUT2D eigenvalue weighted by Crippen LogP contribution is -2.46. The van der Waals surface area contributed by atoms with E-state index < -0.39 is 0 Å². The number of nitrogens with zero attached hydrogens (tertiary/aromatic N) is 2. The van der Waals surface area contributed by atoms with Gasteiger partial charge in [0, 0.05) is 25.0 Å². The van der Waals surface area contributed by atoms with Gasteiger partial charge in [0.25, 0.3) is 6.01 Å². The molecule has 2 aliphatic rings. The molecule has 0 spiro atoms. The number of para-hydroxylation sites is 2. The lowest BCUT2D eigenvalue weighted by Gasteiger charge is -2.31. The molecular weight excluding hydrogens is 316 g/mol. The van der Waals surface area contributed by atoms with Crippen molar-refractivity contribution in [1.29, 1.82) is 0 Å². The first-order valence-corrected chi connectivity index (χ1v) is 9.35. The predicted molar refractivity (Wildman–Crippen MR) is 97.3 cm³/mol. The van der Waals surface area contributed by atoms with Crippen molar-refractivity contribution in [2.45, 2.75) is 38.1 Å². The minimum absolute atomic E-state index is 0.0830. The van der Waals surface area contributed by atoms with Gasteiger partial charge in [-0.15, -0.1) is 0 Å². The number of rotatable bonds is 4. The fraction of sp³-hybridized carbons (Fsp3) is 0.579. The average molecular weight is 342 g/mol. The number of nitrogens with two attached hydrogens (primary N) is 1. The summed E-state index contributed by atoms with van der Waals surface area (Å²) in [5.41, 5.74) is 7.51. The van der Waals surface area contributed by atoms with Crippen molar-refractivity contribution in [1.82, 2.24) is 10.3 Å². The van der Waals surface area contributed by atoms with Crippen LogP contribution in [-0.4, -0.2) is 36.6 Å². The zero-order valence-electron chi connectivity index (χ0n) is 14.5. The molecule has 4 rings (SSSR count). The fourth-order valence-corrected chi connectivity index (χ4v) is 4.14. The van der Waals surface area contributed by atoms with Gasteiger partial charge in [-0.05, 0) is 50.3 Å². The summed E-state index contributed by atoms with van der Waals surface area (Å²) in [6.07, 6.45) is 5.05. The lowest BCUT2D eigenvalue weighted by molar-refractivity contribution is -0.126. The number of anilines is 1. The Balaban J connectivity index is 1.34. The van der Waals surface area contributed by atoms with Crippen LogP contribution in [0.5, 0.6) is 0 Å². The zero-order valence-corrected chi connectivity index (χ0v) is 14.5. The molecule has 1 saturated carbocycles. The second kappa shape index (κ2) is 7.04. The van der Waals surface area contributed by atoms with Crippen molar-refractivity contribution >= 4 is 23.0 Å². The smallest absolute Gasteiger partial charge is 0.298 e. The molecule has 2 unspecified atom stereocenters. The van der Waals surface area contributed by atoms with Crippen LogP contribution in [-0.2, 0) is 4.79 Å². The maximum absolute atomic E-state index is 12.6. The van der Waals surface area contributed by atoms with Crippen molar-refractivity contribution in [2.24, 2.45) is 17.6 Å². The highest BCUT2D eigenvalue weighted by Gasteiger charge is 2.32. The minimum atomic E-state index is 0.0830. The number of hydrogen-bond acceptors (Lipinski definition) is 5. The molecule has 2 heterocycles. The number of carbonyl (C=O) groups is 1. The Labute approximate surface area is 147 Å². The van der Waals surface area contributed by atoms with Crippen molar-refractivity contribution in [3.63, 3.8) is 0 Å². The Morgan fingerprint density at radius 1 is 1.24 bits per heavy atom. The standard InChI is InChI=1S/C19H26N4O2/c20-12-14-4-3-6-15(14)21-18(24)13-8-10-23(11-9-13)19-22-16-5-1-2-7-17(16)25-19/h1-2,5,7,13-15H,3-4,6,8-12,20H2,(H,21,24). The van der Waals surface area contributed by atoms with E-state index in [1.54, 1.807) is 0 Å². The second-order valence-electron chi connectivity index (χ2n) is 7.27. The Morgan fingerprint density at radius 2 is 2.04 bits per heavy atom. The average Bonchev–Trinajstić information content (AvgIpc) is 3.28. The van der Waals surface area contributed by atoms with Gasteiger partial charge in [0.15, 0.2) is 5.58 Å². The van der Waals surface area contributed by atoms with Crippen LogP contribution >= 0.6 is 0 Å². The molecule has 1 amide bonds. The largest absolute Gasteiger partial charge is 0.423 e. The summed E-state index contributed by atoms with van der Waals surface area (Å²) in [5, 5.41) is 3.25. The molecule has 0 bridgehead atoms. The van der Waals surface area contributed by atoms with Crippen molar-refractivity contribution < 1.29 is 9.21 Å². The van der Waals surface area contributed by atoms with E-state index >= 15 is 0 Å². The molecule has 3 N–H and O–H groups in total. The van der Waals surface area contributed by atoms with Crippen LogP contribution in [0.4, 0.5) is 6.01 Å². The molecule has 1 aliphatic heterocycles. The summed E-state index contributed by atoms with van der Waals surface area (Å²) >= 11 is 0. The molecule has 2 atom stereocenters. The van der Waals surface area contributed by atoms with Crippen LogP contribution in [0.3, 0.4) is 0 Å². The van der Waals surface area contributed by atoms with Crippen molar-refractivity contribution in [3.05, 3.63) is 24.3 Å². The van der Waals surface area contributed by atoms with Crippen LogP contribution in [0.15, 0.2) is 28.7 Å². The molecule has 1 aromatic carbocycles. The van der Waals surface area contributed by atoms with Crippen molar-refractivity contribution in [2.75, 3.05) is 24.5 Å². The SMILES string of the molecule is NCC1CCCC1NC(=O)C1CCN(c2nc3ccccc3o2)CC1. The fourth-order valence-electron chi connectivity index (χ4n) is 4.14. The number of nitrogens with one attached hydrogen (secondary N) is 1. The zero-order chi connectivity index (χ0) is 17.2. The van der Waals surface area contributed by atoms with Crippen molar-refractivity contribution in [3.8, 4) is 0 Å². The summed E-state index contributed by atoms with van der Waals surface area (Å²) in [5.74, 6) is 0.728. The maximum Gasteiger partial charge on any atom is 0.298 e. The van der Waals surface area contributed by atoms with Gasteiger partial charge in [0.2, 0.25) is 5.91 Å². The molecule has 1 aromatic heterocycles. The number of oxazole rings is 1. The van der Waals surface area contributed by atoms with E-state index in [2.05, 4.69) is 15.2 Å². The molecule has 2 aromatic rings. The molecule has 2 fully saturated rings. The number of piperidine rings is 1. The first-order valence-electron chi connectivity index (χ1n) is 9.35. The third-order valence-corrected chi connectivity index (χ3v) is 5.71. The Bertz CT molecular complexity index is 703. The number of amides is 1. The molecule has 6 heteroatoms. The van der Waals surface area contributed by atoms with E-state index in [4.69, 9.17) is 10.2 Å². The number of carbonyl (C=O) groups excluding carboxylic acids is 1. The van der Waals surface area contributed by atoms with E-state index in [0.29, 0.717) is 18.5 Å². The minimum Gasteiger partial charge on any atom is -0.423 e. The number of fused-ring (bicyclic) bond motifs is 1. The number of aromatic nitrogens is 1. The van der Waals surface area contributed by atoms with Gasteiger partial charge in [-0.2, -0.15) is 4.98 Å². The van der Waals surface area contributed by atoms with E-state index in [0.717, 1.165) is 49.9 Å². The molecule has 0 radical (unpaired) electrons. The normalized spacial score (nSPS) is 24.8. The Hall–Kier alpha value is -2.08. The summed E-state index contributed by atoms with van der Waals surface area (Å²) in [6.45, 7) is 2.27. The van der Waals surface area contributed by atoms with E-state index in [9.17, 15) is 4.79 Å². The van der Waals surface area contributed by atoms with Gasteiger partial charge >= 0.3 is 0 Å². The topological polar surface area (TPSA) is 84.4 Å². The van der Waals surface area contributed by atoms with Gasteiger partial charge < -0.3 is 20.4 Å². The highest BCUT2D eigenvalue weighted by molar-refractivity contribution is 5.79. The summed E-state index contributed by atoms with van der Waals surface area (Å²) in [7, 11) is 0. The molecule has 25 heavy (non-hydrogen) atoms. The van der Waals surface area contributed by atoms with E-state index in [1.807, 2.05) is 24.3 Å². The van der Waals surface area contributed by atoms with Crippen LogP contribution in [0, 0.1) is 11.8 Å². The summed E-state index contributed by atoms with van der Waals surface area (Å²) in [4.78, 5) is 19.3. The first-order chi connectivity index (χ1) is 12.2. The molecule has 134 valence electrons. The van der Waals surface area contributed by atoms with Gasteiger partial charge in [-0.25, -0.2) is 0 Å². The van der Waals surface area contributed by atoms with Gasteiger partial charge in [0.05, 0.1) is 0 Å². The van der Waals surface area contributed by atoms with Crippen LogP contribution in [0.1, 0.15) is 32.1 Å². The van der Waals surface area contributed by atoms with Crippen LogP contribution < -0.4 is 16.0 Å². The van der Waals surface area contributed by atoms with Crippen LogP contribution in [0.25, 0.3) is 11.1 Å². The highest BCUT2D eigenvalue weighted by atomic mass is 16.4. The Kier molecular flexibility index (Phi) is 4.61. The Morgan fingerprint density at radius 3 is 2.80 bits per heavy atom. The maximum atomic E-state index is 12.6. The highest BCUT2D eigenvalue weighted by Crippen LogP contribution is 2.28. The quantitative estimate of drug-likeness (QED) is 0.890. The monoisotopic (exact) mass is 342 g/mol. The number of benzene rings is 1. The van der Waals surface area contributed by atoms with Crippen LogP contribution in [0.2, 0.25) is 0 Å². The molecule has 1 saturated heterocycles. The molecule has 6 nitrogen and oxygen atoms in total. The summed E-state index contributed by atoms with van der Waals surface area (Å²) < 4.78 is 5.84. The third kappa shape index (κ3) is 3.35. The third-order valence-electron chi connectivity index (χ3n) is 5.71. The van der Waals surface area contributed by atoms with Gasteiger partial charge in [0.1, 0.15) is 5.52 Å². The summed E-state index contributed by atoms with van der Waals surface area (Å²) in [6, 6.07) is 8.74. The lowest BCUT2D eigenvalue weighted by atomic mass is 9.95. The molecular formula is C19H26N4O2. The van der Waals surface area contributed by atoms with E-state index in [1.165, 1.54) is 6.42 Å². The van der Waals surface area contributed by atoms with E-state index in [-0.39, 0.29) is 17.9 Å². The van der Waals surface area contributed by atoms with Gasteiger partial charge in [-0.3, -0.25) is 4.79 Å². The molecule has 1 aliphatic carbocycles. The second-order valence-corrected chi connectivity index (χ2v) is 7.27. The number of hydrogen-bond donors (Lipinski definition) is 2. The van der Waals surface area contributed by atoms with Gasteiger partial charge in [-0.1, -0.05) is 18.6 Å². The predicted octanol–water partition coefficient (Wildman–Crippen LogP) is 2.29.